The summed E-state index contributed by atoms with van der Waals surface area (Å²) in [6.07, 6.45) is 3.16. The molecule has 2 N–H and O–H groups in total. The highest BCUT2D eigenvalue weighted by Gasteiger charge is 2.12. The predicted octanol–water partition coefficient (Wildman–Crippen LogP) is 3.17. The van der Waals surface area contributed by atoms with Gasteiger partial charge in [-0.25, -0.2) is 0 Å². The molecule has 1 aromatic carbocycles. The van der Waals surface area contributed by atoms with E-state index in [0.717, 1.165) is 5.56 Å². The van der Waals surface area contributed by atoms with Gasteiger partial charge in [0.2, 0.25) is 5.91 Å². The van der Waals surface area contributed by atoms with Gasteiger partial charge in [0.15, 0.2) is 0 Å². The highest BCUT2D eigenvalue weighted by Crippen LogP contribution is 2.17. The average molecular weight is 311 g/mol. The Morgan fingerprint density at radius 1 is 0.957 bits per heavy atom. The molecule has 23 heavy (non-hydrogen) atoms. The summed E-state index contributed by atoms with van der Waals surface area (Å²) in [6, 6.07) is 10.7. The molecule has 1 heterocycles. The highest BCUT2D eigenvalue weighted by molar-refractivity contribution is 6.04. The minimum Gasteiger partial charge on any atom is -0.349 e. The zero-order valence-electron chi connectivity index (χ0n) is 13.5. The molecule has 0 spiro atoms. The van der Waals surface area contributed by atoms with Gasteiger partial charge in [0, 0.05) is 29.6 Å². The van der Waals surface area contributed by atoms with Crippen LogP contribution in [0, 0.1) is 5.92 Å². The lowest BCUT2D eigenvalue weighted by Gasteiger charge is -2.16. The van der Waals surface area contributed by atoms with Crippen LogP contribution in [0.25, 0.3) is 0 Å². The summed E-state index contributed by atoms with van der Waals surface area (Å²) in [7, 11) is 0. The molecule has 120 valence electrons. The number of carbonyl (C=O) groups excluding carboxylic acids is 2. The Labute approximate surface area is 136 Å². The Morgan fingerprint density at radius 3 is 2.13 bits per heavy atom. The van der Waals surface area contributed by atoms with Gasteiger partial charge in [-0.3, -0.25) is 14.6 Å². The van der Waals surface area contributed by atoms with Crippen LogP contribution in [0.4, 0.5) is 5.69 Å². The first-order chi connectivity index (χ1) is 11.0. The van der Waals surface area contributed by atoms with Gasteiger partial charge in [-0.1, -0.05) is 26.0 Å². The summed E-state index contributed by atoms with van der Waals surface area (Å²) in [5.74, 6) is -0.203. The zero-order chi connectivity index (χ0) is 16.8. The van der Waals surface area contributed by atoms with Crippen LogP contribution in [0.1, 0.15) is 42.7 Å². The third-order valence-electron chi connectivity index (χ3n) is 3.49. The van der Waals surface area contributed by atoms with Gasteiger partial charge >= 0.3 is 0 Å². The monoisotopic (exact) mass is 311 g/mol. The van der Waals surface area contributed by atoms with E-state index in [4.69, 9.17) is 0 Å². The molecule has 2 aromatic rings. The SMILES string of the molecule is CC(C)C(=O)N[C@H](C)c1ccc(NC(=O)c2ccncc2)cc1. The smallest absolute Gasteiger partial charge is 0.255 e. The van der Waals surface area contributed by atoms with E-state index in [0.29, 0.717) is 11.3 Å². The average Bonchev–Trinajstić information content (AvgIpc) is 2.56. The molecule has 0 fully saturated rings. The number of hydrogen-bond acceptors (Lipinski definition) is 3. The molecule has 1 atom stereocenters. The van der Waals surface area contributed by atoms with Gasteiger partial charge < -0.3 is 10.6 Å². The van der Waals surface area contributed by atoms with Crippen molar-refractivity contribution in [1.82, 2.24) is 10.3 Å². The molecular weight excluding hydrogens is 290 g/mol. The van der Waals surface area contributed by atoms with Crippen molar-refractivity contribution in [1.29, 1.82) is 0 Å². The van der Waals surface area contributed by atoms with Crippen LogP contribution in [-0.4, -0.2) is 16.8 Å². The molecule has 0 aliphatic carbocycles. The quantitative estimate of drug-likeness (QED) is 0.891. The lowest BCUT2D eigenvalue weighted by Crippen LogP contribution is -2.30. The van der Waals surface area contributed by atoms with Crippen molar-refractivity contribution >= 4 is 17.5 Å². The first-order valence-corrected chi connectivity index (χ1v) is 7.59. The molecule has 0 saturated heterocycles. The fraction of sp³-hybridized carbons (Fsp3) is 0.278. The van der Waals surface area contributed by atoms with E-state index in [1.807, 2.05) is 45.0 Å². The maximum atomic E-state index is 12.1. The number of carbonyl (C=O) groups is 2. The van der Waals surface area contributed by atoms with Crippen molar-refractivity contribution in [2.24, 2.45) is 5.92 Å². The number of anilines is 1. The highest BCUT2D eigenvalue weighted by atomic mass is 16.2. The molecule has 1 aromatic heterocycles. The Morgan fingerprint density at radius 2 is 1.57 bits per heavy atom. The first kappa shape index (κ1) is 16.7. The Balaban J connectivity index is 1.99. The normalized spacial score (nSPS) is 11.8. The summed E-state index contributed by atoms with van der Waals surface area (Å²) in [4.78, 5) is 27.7. The summed E-state index contributed by atoms with van der Waals surface area (Å²) in [5.41, 5.74) is 2.25. The second-order valence-electron chi connectivity index (χ2n) is 5.70. The number of benzene rings is 1. The van der Waals surface area contributed by atoms with E-state index in [1.54, 1.807) is 24.5 Å². The molecule has 0 bridgehead atoms. The molecule has 5 nitrogen and oxygen atoms in total. The number of nitrogens with zero attached hydrogens (tertiary/aromatic N) is 1. The van der Waals surface area contributed by atoms with Gasteiger partial charge in [0.1, 0.15) is 0 Å². The van der Waals surface area contributed by atoms with Gasteiger partial charge in [-0.05, 0) is 36.8 Å². The van der Waals surface area contributed by atoms with Gasteiger partial charge in [-0.15, -0.1) is 0 Å². The zero-order valence-corrected chi connectivity index (χ0v) is 13.5. The van der Waals surface area contributed by atoms with E-state index in [2.05, 4.69) is 15.6 Å². The molecule has 0 aliphatic heterocycles. The first-order valence-electron chi connectivity index (χ1n) is 7.59. The van der Waals surface area contributed by atoms with Crippen molar-refractivity contribution in [3.63, 3.8) is 0 Å². The standard InChI is InChI=1S/C18H21N3O2/c1-12(2)17(22)20-13(3)14-4-6-16(7-5-14)21-18(23)15-8-10-19-11-9-15/h4-13H,1-3H3,(H,20,22)(H,21,23)/t13-/m1/s1. The lowest BCUT2D eigenvalue weighted by atomic mass is 10.1. The number of amides is 2. The van der Waals surface area contributed by atoms with Crippen LogP contribution >= 0.6 is 0 Å². The molecule has 0 saturated carbocycles. The Bertz CT molecular complexity index is 666. The number of aromatic nitrogens is 1. The van der Waals surface area contributed by atoms with Crippen LogP contribution in [0.5, 0.6) is 0 Å². The second kappa shape index (κ2) is 7.54. The fourth-order valence-electron chi connectivity index (χ4n) is 2.03. The fourth-order valence-corrected chi connectivity index (χ4v) is 2.03. The van der Waals surface area contributed by atoms with Gasteiger partial charge in [-0.2, -0.15) is 0 Å². The number of rotatable bonds is 5. The summed E-state index contributed by atoms with van der Waals surface area (Å²) in [6.45, 7) is 5.66. The lowest BCUT2D eigenvalue weighted by molar-refractivity contribution is -0.124. The van der Waals surface area contributed by atoms with E-state index >= 15 is 0 Å². The Kier molecular flexibility index (Phi) is 5.46. The van der Waals surface area contributed by atoms with Crippen LogP contribution in [0.3, 0.4) is 0 Å². The van der Waals surface area contributed by atoms with Crippen LogP contribution < -0.4 is 10.6 Å². The minimum absolute atomic E-state index is 0.0209. The number of nitrogens with one attached hydrogen (secondary N) is 2. The van der Waals surface area contributed by atoms with Crippen LogP contribution in [-0.2, 0) is 4.79 Å². The Hall–Kier alpha value is -2.69. The van der Waals surface area contributed by atoms with E-state index in [-0.39, 0.29) is 23.8 Å². The minimum atomic E-state index is -0.179. The van der Waals surface area contributed by atoms with E-state index in [1.165, 1.54) is 0 Å². The third-order valence-corrected chi connectivity index (χ3v) is 3.49. The van der Waals surface area contributed by atoms with Crippen LogP contribution in [0.15, 0.2) is 48.8 Å². The topological polar surface area (TPSA) is 71.1 Å². The molecule has 2 amide bonds. The van der Waals surface area contributed by atoms with Crippen molar-refractivity contribution in [2.75, 3.05) is 5.32 Å². The molecule has 5 heteroatoms. The van der Waals surface area contributed by atoms with E-state index in [9.17, 15) is 9.59 Å². The molecule has 0 unspecified atom stereocenters. The maximum absolute atomic E-state index is 12.1. The largest absolute Gasteiger partial charge is 0.349 e. The number of hydrogen-bond donors (Lipinski definition) is 2. The third kappa shape index (κ3) is 4.64. The van der Waals surface area contributed by atoms with Gasteiger partial charge in [0.25, 0.3) is 5.91 Å². The van der Waals surface area contributed by atoms with Crippen molar-refractivity contribution in [2.45, 2.75) is 26.8 Å². The number of pyridine rings is 1. The van der Waals surface area contributed by atoms with Crippen molar-refractivity contribution < 1.29 is 9.59 Å². The van der Waals surface area contributed by atoms with Crippen molar-refractivity contribution in [3.05, 3.63) is 59.9 Å². The molecule has 0 aliphatic rings. The van der Waals surface area contributed by atoms with Crippen LogP contribution in [0.2, 0.25) is 0 Å². The molecule has 2 rings (SSSR count). The molecular formula is C18H21N3O2. The second-order valence-corrected chi connectivity index (χ2v) is 5.70. The van der Waals surface area contributed by atoms with Crippen molar-refractivity contribution in [3.8, 4) is 0 Å². The summed E-state index contributed by atoms with van der Waals surface area (Å²) in [5, 5.41) is 5.78. The predicted molar refractivity (Wildman–Crippen MR) is 90.0 cm³/mol. The van der Waals surface area contributed by atoms with Gasteiger partial charge in [0.05, 0.1) is 6.04 Å². The maximum Gasteiger partial charge on any atom is 0.255 e. The summed E-state index contributed by atoms with van der Waals surface area (Å²) < 4.78 is 0. The molecule has 0 radical (unpaired) electrons. The van der Waals surface area contributed by atoms with E-state index < -0.39 is 0 Å². The summed E-state index contributed by atoms with van der Waals surface area (Å²) >= 11 is 0.